The van der Waals surface area contributed by atoms with Gasteiger partial charge in [-0.15, -0.1) is 15.9 Å². The fourth-order valence-corrected chi connectivity index (χ4v) is 8.42. The zero-order chi connectivity index (χ0) is 17.2. The SMILES string of the molecule is CCO[P+](=O)C1SC(c2ccccc2)=C(c2cc3ccccc3s2)S1. The van der Waals surface area contributed by atoms with E-state index in [9.17, 15) is 4.57 Å². The molecule has 0 spiro atoms. The fourth-order valence-electron chi connectivity index (χ4n) is 2.66. The Morgan fingerprint density at radius 2 is 1.72 bits per heavy atom. The normalized spacial score (nSPS) is 18.1. The minimum atomic E-state index is -1.70. The van der Waals surface area contributed by atoms with Crippen molar-refractivity contribution in [3.8, 4) is 0 Å². The molecular formula is C19H16O2PS3+. The standard InChI is InChI=1S/C19H16O2PS3/c1-2-21-22(20)19-24-17(13-8-4-3-5-9-13)18(25-19)16-12-14-10-6-7-11-15(14)23-16/h3-12,19H,2H2,1H3/q+1. The summed E-state index contributed by atoms with van der Waals surface area (Å²) in [6.07, 6.45) is 0. The van der Waals surface area contributed by atoms with Crippen molar-refractivity contribution in [2.45, 2.75) is 11.2 Å². The third-order valence-electron chi connectivity index (χ3n) is 3.76. The number of thiophene rings is 1. The Hall–Kier alpha value is -1.10. The quantitative estimate of drug-likeness (QED) is 0.419. The molecule has 0 fully saturated rings. The lowest BCUT2D eigenvalue weighted by Crippen LogP contribution is -1.88. The molecule has 25 heavy (non-hydrogen) atoms. The van der Waals surface area contributed by atoms with Gasteiger partial charge in [-0.3, -0.25) is 0 Å². The van der Waals surface area contributed by atoms with Gasteiger partial charge >= 0.3 is 8.03 Å². The van der Waals surface area contributed by atoms with E-state index in [0.717, 1.165) is 0 Å². The van der Waals surface area contributed by atoms with Crippen molar-refractivity contribution in [1.82, 2.24) is 0 Å². The van der Waals surface area contributed by atoms with Gasteiger partial charge in [0.05, 0.1) is 6.61 Å². The van der Waals surface area contributed by atoms with Crippen LogP contribution in [0.25, 0.3) is 19.9 Å². The van der Waals surface area contributed by atoms with Gasteiger partial charge in [-0.2, -0.15) is 0 Å². The lowest BCUT2D eigenvalue weighted by Gasteiger charge is -2.03. The first-order valence-corrected chi connectivity index (χ1v) is 11.8. The van der Waals surface area contributed by atoms with Crippen molar-refractivity contribution in [2.75, 3.05) is 6.61 Å². The topological polar surface area (TPSA) is 26.3 Å². The van der Waals surface area contributed by atoms with Crippen LogP contribution >= 0.6 is 42.9 Å². The molecule has 3 aromatic rings. The Kier molecular flexibility index (Phi) is 5.30. The second-order valence-corrected chi connectivity index (χ2v) is 11.1. The molecule has 4 rings (SSSR count). The summed E-state index contributed by atoms with van der Waals surface area (Å²) in [5.74, 6) is 0. The maximum Gasteiger partial charge on any atom is 0.534 e. The van der Waals surface area contributed by atoms with E-state index < -0.39 is 8.03 Å². The molecule has 2 nitrogen and oxygen atoms in total. The Morgan fingerprint density at radius 1 is 1.00 bits per heavy atom. The molecule has 1 aromatic heterocycles. The highest BCUT2D eigenvalue weighted by Gasteiger charge is 2.42. The van der Waals surface area contributed by atoms with Crippen molar-refractivity contribution in [3.05, 3.63) is 71.1 Å². The van der Waals surface area contributed by atoms with Crippen LogP contribution in [0.4, 0.5) is 0 Å². The van der Waals surface area contributed by atoms with Crippen LogP contribution in [-0.2, 0) is 9.09 Å². The van der Waals surface area contributed by atoms with Crippen LogP contribution < -0.4 is 0 Å². The van der Waals surface area contributed by atoms with E-state index in [2.05, 4.69) is 42.5 Å². The molecule has 126 valence electrons. The van der Waals surface area contributed by atoms with Crippen LogP contribution in [0.2, 0.25) is 0 Å². The lowest BCUT2D eigenvalue weighted by atomic mass is 10.2. The molecule has 0 N–H and O–H groups in total. The molecule has 0 amide bonds. The number of benzene rings is 2. The summed E-state index contributed by atoms with van der Waals surface area (Å²) in [5, 5.41) is 1.26. The first-order valence-electron chi connectivity index (χ1n) is 7.97. The van der Waals surface area contributed by atoms with Gasteiger partial charge in [0.25, 0.3) is 4.32 Å². The summed E-state index contributed by atoms with van der Waals surface area (Å²) < 4.78 is 19.0. The Bertz CT molecular complexity index is 916. The first-order chi connectivity index (χ1) is 12.3. The average molecular weight is 404 g/mol. The molecule has 2 aromatic carbocycles. The summed E-state index contributed by atoms with van der Waals surface area (Å²) in [4.78, 5) is 3.65. The molecule has 2 unspecified atom stereocenters. The largest absolute Gasteiger partial charge is 0.534 e. The van der Waals surface area contributed by atoms with Gasteiger partial charge in [-0.1, -0.05) is 72.1 Å². The van der Waals surface area contributed by atoms with E-state index in [1.165, 1.54) is 30.3 Å². The Morgan fingerprint density at radius 3 is 2.48 bits per heavy atom. The van der Waals surface area contributed by atoms with Crippen molar-refractivity contribution >= 4 is 62.8 Å². The minimum Gasteiger partial charge on any atom is -0.145 e. The maximum absolute atomic E-state index is 12.4. The predicted molar refractivity (Wildman–Crippen MR) is 113 cm³/mol. The van der Waals surface area contributed by atoms with Crippen LogP contribution in [0.5, 0.6) is 0 Å². The highest BCUT2D eigenvalue weighted by atomic mass is 32.2. The summed E-state index contributed by atoms with van der Waals surface area (Å²) >= 11 is 5.13. The van der Waals surface area contributed by atoms with Gasteiger partial charge in [0.1, 0.15) is 0 Å². The van der Waals surface area contributed by atoms with E-state index in [0.29, 0.717) is 6.61 Å². The second kappa shape index (κ2) is 7.65. The molecule has 1 aliphatic rings. The lowest BCUT2D eigenvalue weighted by molar-refractivity contribution is 0.352. The van der Waals surface area contributed by atoms with Gasteiger partial charge in [-0.25, -0.2) is 0 Å². The van der Waals surface area contributed by atoms with Gasteiger partial charge in [0.15, 0.2) is 0 Å². The van der Waals surface area contributed by atoms with E-state index in [1.54, 1.807) is 34.9 Å². The molecule has 0 aliphatic carbocycles. The summed E-state index contributed by atoms with van der Waals surface area (Å²) in [6.45, 7) is 2.36. The van der Waals surface area contributed by atoms with E-state index in [4.69, 9.17) is 4.52 Å². The zero-order valence-electron chi connectivity index (χ0n) is 13.5. The van der Waals surface area contributed by atoms with E-state index in [-0.39, 0.29) is 4.32 Å². The van der Waals surface area contributed by atoms with Crippen LogP contribution in [0.3, 0.4) is 0 Å². The van der Waals surface area contributed by atoms with Crippen molar-refractivity contribution in [2.24, 2.45) is 0 Å². The molecule has 2 atom stereocenters. The summed E-state index contributed by atoms with van der Waals surface area (Å²) in [7, 11) is -1.70. The first kappa shape index (κ1) is 17.3. The Labute approximate surface area is 160 Å². The van der Waals surface area contributed by atoms with E-state index in [1.807, 2.05) is 25.1 Å². The highest BCUT2D eigenvalue weighted by Crippen LogP contribution is 2.63. The molecule has 6 heteroatoms. The van der Waals surface area contributed by atoms with E-state index >= 15 is 0 Å². The maximum atomic E-state index is 12.4. The van der Waals surface area contributed by atoms with Crippen LogP contribution in [0.1, 0.15) is 17.4 Å². The monoisotopic (exact) mass is 403 g/mol. The molecule has 0 radical (unpaired) electrons. The smallest absolute Gasteiger partial charge is 0.145 e. The van der Waals surface area contributed by atoms with Crippen molar-refractivity contribution in [3.63, 3.8) is 0 Å². The number of rotatable bonds is 5. The molecule has 0 saturated heterocycles. The van der Waals surface area contributed by atoms with Crippen molar-refractivity contribution in [1.29, 1.82) is 0 Å². The van der Waals surface area contributed by atoms with Crippen LogP contribution in [0.15, 0.2) is 60.7 Å². The van der Waals surface area contributed by atoms with Crippen LogP contribution in [-0.4, -0.2) is 10.9 Å². The number of hydrogen-bond acceptors (Lipinski definition) is 5. The molecule has 2 heterocycles. The predicted octanol–water partition coefficient (Wildman–Crippen LogP) is 7.27. The van der Waals surface area contributed by atoms with Gasteiger partial charge in [-0.05, 0) is 34.6 Å². The minimum absolute atomic E-state index is 0.0923. The Balaban J connectivity index is 1.77. The number of fused-ring (bicyclic) bond motifs is 1. The van der Waals surface area contributed by atoms with Gasteiger partial charge < -0.3 is 0 Å². The molecule has 1 aliphatic heterocycles. The average Bonchev–Trinajstić information content (AvgIpc) is 3.27. The molecule has 0 saturated carbocycles. The molecular weight excluding hydrogens is 387 g/mol. The second-order valence-electron chi connectivity index (χ2n) is 5.42. The summed E-state index contributed by atoms with van der Waals surface area (Å²) in [6, 6.07) is 21.0. The number of hydrogen-bond donors (Lipinski definition) is 0. The van der Waals surface area contributed by atoms with Crippen molar-refractivity contribution < 1.29 is 9.09 Å². The highest BCUT2D eigenvalue weighted by molar-refractivity contribution is 8.34. The summed E-state index contributed by atoms with van der Waals surface area (Å²) in [5.41, 5.74) is 1.18. The zero-order valence-corrected chi connectivity index (χ0v) is 16.9. The molecule has 0 bridgehead atoms. The third-order valence-corrected chi connectivity index (χ3v) is 9.99. The fraction of sp³-hybridized carbons (Fsp3) is 0.158. The van der Waals surface area contributed by atoms with Crippen LogP contribution in [0, 0.1) is 0 Å². The van der Waals surface area contributed by atoms with Gasteiger partial charge in [0, 0.05) is 19.4 Å². The number of thioether (sulfide) groups is 2. The van der Waals surface area contributed by atoms with Gasteiger partial charge in [0.2, 0.25) is 0 Å². The third kappa shape index (κ3) is 3.57.